The van der Waals surface area contributed by atoms with E-state index >= 15 is 0 Å². The Hall–Kier alpha value is -1.47. The molecule has 188 valence electrons. The fraction of sp³-hybridized carbons (Fsp3) is 1.00. The third-order valence-corrected chi connectivity index (χ3v) is 3.35. The lowest BCUT2D eigenvalue weighted by molar-refractivity contribution is -0.466. The van der Waals surface area contributed by atoms with Crippen LogP contribution in [0.15, 0.2) is 0 Å². The smallest absolute Gasteiger partial charge is 0.230 e. The van der Waals surface area contributed by atoms with Crippen LogP contribution in [-0.2, 0) is 0 Å². The van der Waals surface area contributed by atoms with E-state index in [2.05, 4.69) is 0 Å². The molecule has 0 rings (SSSR count). The molecule has 0 heterocycles. The molecule has 31 heavy (non-hydrogen) atoms. The van der Waals surface area contributed by atoms with Gasteiger partial charge in [0.15, 0.2) is 0 Å². The first kappa shape index (κ1) is 29.5. The number of halogens is 21. The molecule has 0 aromatic carbocycles. The average Bonchev–Trinajstić information content (AvgIpc) is 2.50. The van der Waals surface area contributed by atoms with Crippen molar-refractivity contribution in [2.75, 3.05) is 0 Å². The fourth-order valence-electron chi connectivity index (χ4n) is 1.54. The lowest BCUT2D eigenvalue weighted by atomic mass is 9.88. The fourth-order valence-corrected chi connectivity index (χ4v) is 1.54. The molecule has 0 N–H and O–H groups in total. The largest absolute Gasteiger partial charge is 0.460 e. The van der Waals surface area contributed by atoms with Crippen LogP contribution in [0, 0.1) is 0 Å². The highest BCUT2D eigenvalue weighted by Gasteiger charge is 2.96. The van der Waals surface area contributed by atoms with Gasteiger partial charge in [0.05, 0.1) is 0 Å². The molecule has 0 fully saturated rings. The zero-order valence-corrected chi connectivity index (χ0v) is 13.0. The summed E-state index contributed by atoms with van der Waals surface area (Å²) in [5.41, 5.74) is 0. The molecule has 0 radical (unpaired) electrons. The van der Waals surface area contributed by atoms with Crippen LogP contribution in [0.2, 0.25) is 0 Å². The van der Waals surface area contributed by atoms with Crippen LogP contribution >= 0.6 is 0 Å². The van der Waals surface area contributed by atoms with Crippen molar-refractivity contribution in [3.8, 4) is 0 Å². The van der Waals surface area contributed by atoms with Crippen LogP contribution in [0.1, 0.15) is 0 Å². The molecule has 0 aliphatic heterocycles. The monoisotopic (exact) mass is 520 g/mol. The first-order valence-electron chi connectivity index (χ1n) is 6.33. The summed E-state index contributed by atoms with van der Waals surface area (Å²) in [6, 6.07) is 0. The predicted octanol–water partition coefficient (Wildman–Crippen LogP) is 6.90. The Labute approximate surface area is 153 Å². The summed E-state index contributed by atoms with van der Waals surface area (Å²) in [6.07, 6.45) is -21.8. The first-order valence-corrected chi connectivity index (χ1v) is 6.33. The molecule has 0 amide bonds. The lowest BCUT2D eigenvalue weighted by Crippen LogP contribution is -2.75. The maximum Gasteiger partial charge on any atom is 0.460 e. The van der Waals surface area contributed by atoms with E-state index in [1.54, 1.807) is 0 Å². The minimum Gasteiger partial charge on any atom is -0.230 e. The molecule has 0 aliphatic rings. The Morgan fingerprint density at radius 3 is 0.774 bits per heavy atom. The lowest BCUT2D eigenvalue weighted by Gasteiger charge is -2.43. The van der Waals surface area contributed by atoms with Crippen molar-refractivity contribution in [2.45, 2.75) is 60.0 Å². The van der Waals surface area contributed by atoms with Crippen LogP contribution in [0.4, 0.5) is 92.2 Å². The molecule has 0 bridgehead atoms. The molecule has 0 aromatic rings. The third kappa shape index (κ3) is 3.71. The second-order valence-electron chi connectivity index (χ2n) is 5.47. The summed E-state index contributed by atoms with van der Waals surface area (Å²) >= 11 is 0. The minimum absolute atomic E-state index is 6.55. The van der Waals surface area contributed by atoms with Gasteiger partial charge >= 0.3 is 53.8 Å². The van der Waals surface area contributed by atoms with Crippen molar-refractivity contribution in [3.63, 3.8) is 0 Å². The van der Waals surface area contributed by atoms with Gasteiger partial charge in [-0.25, -0.2) is 4.39 Å². The van der Waals surface area contributed by atoms with Crippen LogP contribution in [0.5, 0.6) is 0 Å². The quantitative estimate of drug-likeness (QED) is 0.321. The molecule has 0 nitrogen and oxygen atoms in total. The summed E-state index contributed by atoms with van der Waals surface area (Å²) in [6.45, 7) is 0. The molecule has 21 heteroatoms. The normalized spacial score (nSPS) is 17.7. The van der Waals surface area contributed by atoms with Gasteiger partial charge in [0, 0.05) is 0 Å². The summed E-state index contributed by atoms with van der Waals surface area (Å²) in [5, 5.41) is 0. The minimum atomic E-state index is -9.06. The molecule has 0 saturated heterocycles. The van der Waals surface area contributed by atoms with E-state index in [0.29, 0.717) is 0 Å². The van der Waals surface area contributed by atoms with Gasteiger partial charge in [0.2, 0.25) is 0 Å². The van der Waals surface area contributed by atoms with E-state index in [0.717, 1.165) is 0 Å². The van der Waals surface area contributed by atoms with E-state index in [1.807, 2.05) is 0 Å². The molecule has 0 spiro atoms. The highest BCUT2D eigenvalue weighted by molar-refractivity contribution is 5.16. The first-order chi connectivity index (χ1) is 12.9. The Balaban J connectivity index is 6.84. The Morgan fingerprint density at radius 2 is 0.548 bits per heavy atom. The van der Waals surface area contributed by atoms with Crippen LogP contribution in [0.3, 0.4) is 0 Å². The summed E-state index contributed by atoms with van der Waals surface area (Å²) in [5.74, 6) is -61.1. The van der Waals surface area contributed by atoms with Gasteiger partial charge < -0.3 is 0 Å². The number of rotatable bonds is 7. The van der Waals surface area contributed by atoms with Crippen LogP contribution in [-0.4, -0.2) is 60.0 Å². The predicted molar refractivity (Wildman–Crippen MR) is 51.6 cm³/mol. The number of hydrogen-bond acceptors (Lipinski definition) is 0. The van der Waals surface area contributed by atoms with Crippen molar-refractivity contribution in [3.05, 3.63) is 0 Å². The van der Waals surface area contributed by atoms with Crippen LogP contribution in [0.25, 0.3) is 0 Å². The van der Waals surface area contributed by atoms with Gasteiger partial charge in [-0.05, 0) is 0 Å². The highest BCUT2D eigenvalue weighted by atomic mass is 19.4. The maximum atomic E-state index is 13.1. The third-order valence-electron chi connectivity index (χ3n) is 3.35. The molecule has 0 aliphatic carbocycles. The van der Waals surface area contributed by atoms with Gasteiger partial charge in [-0.3, -0.25) is 0 Å². The highest BCUT2D eigenvalue weighted by Crippen LogP contribution is 2.64. The Bertz CT molecular complexity index is 646. The standard InChI is InChI=1S/C10HF21/c11-1(3(14,15)16)2(12,13)4(17,18)5(19,20)6(21,22)7(23,24)8(25,26)9(27,28)10(29,30)31/h1H. The van der Waals surface area contributed by atoms with E-state index in [1.165, 1.54) is 0 Å². The topological polar surface area (TPSA) is 0 Å². The second-order valence-corrected chi connectivity index (χ2v) is 5.47. The van der Waals surface area contributed by atoms with Gasteiger partial charge in [-0.1, -0.05) is 0 Å². The Kier molecular flexibility index (Phi) is 6.68. The molecule has 0 aromatic heterocycles. The van der Waals surface area contributed by atoms with Crippen molar-refractivity contribution in [2.24, 2.45) is 0 Å². The average molecular weight is 520 g/mol. The van der Waals surface area contributed by atoms with Crippen LogP contribution < -0.4 is 0 Å². The van der Waals surface area contributed by atoms with E-state index in [4.69, 9.17) is 0 Å². The SMILES string of the molecule is FC(C(F)(F)F)C(F)(F)C(F)(F)C(F)(F)C(F)(F)C(F)(F)C(F)(F)C(F)(F)C(F)(F)F. The summed E-state index contributed by atoms with van der Waals surface area (Å²) in [4.78, 5) is 0. The zero-order chi connectivity index (χ0) is 26.1. The van der Waals surface area contributed by atoms with E-state index in [-0.39, 0.29) is 0 Å². The van der Waals surface area contributed by atoms with Gasteiger partial charge in [-0.15, -0.1) is 0 Å². The van der Waals surface area contributed by atoms with Gasteiger partial charge in [-0.2, -0.15) is 87.8 Å². The molecule has 1 unspecified atom stereocenters. The number of alkyl halides is 21. The van der Waals surface area contributed by atoms with Gasteiger partial charge in [0.25, 0.3) is 6.17 Å². The Morgan fingerprint density at radius 1 is 0.323 bits per heavy atom. The molecule has 0 saturated carbocycles. The van der Waals surface area contributed by atoms with E-state index < -0.39 is 60.0 Å². The van der Waals surface area contributed by atoms with Crippen molar-refractivity contribution >= 4 is 0 Å². The molecular weight excluding hydrogens is 519 g/mol. The van der Waals surface area contributed by atoms with Crippen molar-refractivity contribution in [1.82, 2.24) is 0 Å². The maximum absolute atomic E-state index is 13.1. The second kappa shape index (κ2) is 7.01. The molecule has 1 atom stereocenters. The number of hydrogen-bond donors (Lipinski definition) is 0. The van der Waals surface area contributed by atoms with Crippen molar-refractivity contribution < 1.29 is 92.2 Å². The zero-order valence-electron chi connectivity index (χ0n) is 13.0. The summed E-state index contributed by atoms with van der Waals surface area (Å²) in [7, 11) is 0. The summed E-state index contributed by atoms with van der Waals surface area (Å²) < 4.78 is 263. The van der Waals surface area contributed by atoms with Gasteiger partial charge in [0.1, 0.15) is 0 Å². The molecular formula is C10HF21. The van der Waals surface area contributed by atoms with E-state index in [9.17, 15) is 92.2 Å². The van der Waals surface area contributed by atoms with Crippen molar-refractivity contribution in [1.29, 1.82) is 0 Å².